The molecule has 0 radical (unpaired) electrons. The molecule has 1 rings (SSSR count). The van der Waals surface area contributed by atoms with Crippen molar-refractivity contribution in [2.24, 2.45) is 5.92 Å². The summed E-state index contributed by atoms with van der Waals surface area (Å²) in [4.78, 5) is 18.1. The van der Waals surface area contributed by atoms with Gasteiger partial charge in [-0.1, -0.05) is 13.8 Å². The second kappa shape index (κ2) is 7.85. The lowest BCUT2D eigenvalue weighted by Crippen LogP contribution is -2.30. The van der Waals surface area contributed by atoms with Crippen molar-refractivity contribution in [1.29, 1.82) is 0 Å². The summed E-state index contributed by atoms with van der Waals surface area (Å²) in [6, 6.07) is 3.43. The summed E-state index contributed by atoms with van der Waals surface area (Å²) in [5.41, 5.74) is 0.459. The number of rotatable bonds is 7. The molecule has 0 aliphatic rings. The van der Waals surface area contributed by atoms with Crippen molar-refractivity contribution in [3.05, 3.63) is 23.9 Å². The number of pyridine rings is 1. The number of carbonyl (C=O) groups excluding carboxylic acids is 1. The third kappa shape index (κ3) is 5.17. The van der Waals surface area contributed by atoms with Crippen molar-refractivity contribution < 1.29 is 14.6 Å². The van der Waals surface area contributed by atoms with Crippen LogP contribution in [-0.2, 0) is 0 Å². The predicted octanol–water partition coefficient (Wildman–Crippen LogP) is 1.96. The first-order chi connectivity index (χ1) is 9.41. The van der Waals surface area contributed by atoms with Crippen molar-refractivity contribution in [2.45, 2.75) is 33.3 Å². The van der Waals surface area contributed by atoms with E-state index >= 15 is 0 Å². The molecule has 1 unspecified atom stereocenters. The molecular weight excluding hydrogens is 256 g/mol. The van der Waals surface area contributed by atoms with Gasteiger partial charge in [-0.05, 0) is 31.4 Å². The largest absolute Gasteiger partial charge is 0.477 e. The second-order valence-electron chi connectivity index (χ2n) is 5.43. The van der Waals surface area contributed by atoms with E-state index in [1.807, 2.05) is 13.8 Å². The Morgan fingerprint density at radius 3 is 2.75 bits per heavy atom. The Labute approximate surface area is 120 Å². The van der Waals surface area contributed by atoms with Crippen LogP contribution in [0.5, 0.6) is 5.88 Å². The van der Waals surface area contributed by atoms with E-state index < -0.39 is 6.10 Å². The SMILES string of the molecule is CC(C)COc1ncccc1C(=O)N(C)CCC(C)O. The van der Waals surface area contributed by atoms with E-state index in [0.29, 0.717) is 36.9 Å². The number of hydrogen-bond acceptors (Lipinski definition) is 4. The third-order valence-electron chi connectivity index (χ3n) is 2.78. The zero-order valence-corrected chi connectivity index (χ0v) is 12.7. The molecule has 112 valence electrons. The number of ether oxygens (including phenoxy) is 1. The first kappa shape index (κ1) is 16.4. The minimum atomic E-state index is -0.421. The number of aromatic nitrogens is 1. The first-order valence-electron chi connectivity index (χ1n) is 6.93. The summed E-state index contributed by atoms with van der Waals surface area (Å²) in [7, 11) is 1.71. The molecule has 0 aliphatic carbocycles. The topological polar surface area (TPSA) is 62.7 Å². The van der Waals surface area contributed by atoms with Crippen LogP contribution in [-0.4, -0.2) is 47.2 Å². The predicted molar refractivity (Wildman–Crippen MR) is 77.8 cm³/mol. The van der Waals surface area contributed by atoms with Gasteiger partial charge in [-0.15, -0.1) is 0 Å². The van der Waals surface area contributed by atoms with Crippen LogP contribution in [0.1, 0.15) is 37.6 Å². The van der Waals surface area contributed by atoms with Gasteiger partial charge in [0.25, 0.3) is 5.91 Å². The van der Waals surface area contributed by atoms with E-state index in [0.717, 1.165) is 0 Å². The highest BCUT2D eigenvalue weighted by Crippen LogP contribution is 2.17. The highest BCUT2D eigenvalue weighted by Gasteiger charge is 2.18. The fourth-order valence-corrected chi connectivity index (χ4v) is 1.60. The molecule has 1 heterocycles. The molecule has 1 aromatic rings. The van der Waals surface area contributed by atoms with Gasteiger partial charge in [0.15, 0.2) is 0 Å². The van der Waals surface area contributed by atoms with Gasteiger partial charge in [-0.3, -0.25) is 4.79 Å². The molecule has 1 atom stereocenters. The molecule has 1 N–H and O–H groups in total. The van der Waals surface area contributed by atoms with Crippen LogP contribution in [0, 0.1) is 5.92 Å². The maximum atomic E-state index is 12.3. The Hall–Kier alpha value is -1.62. The molecule has 0 spiro atoms. The number of nitrogens with zero attached hydrogens (tertiary/aromatic N) is 2. The molecule has 0 saturated heterocycles. The van der Waals surface area contributed by atoms with Gasteiger partial charge in [0.1, 0.15) is 5.56 Å². The molecule has 5 nitrogen and oxygen atoms in total. The lowest BCUT2D eigenvalue weighted by molar-refractivity contribution is 0.0763. The molecular formula is C15H24N2O3. The minimum absolute atomic E-state index is 0.141. The second-order valence-corrected chi connectivity index (χ2v) is 5.43. The van der Waals surface area contributed by atoms with Crippen LogP contribution in [0.25, 0.3) is 0 Å². The Balaban J connectivity index is 2.76. The van der Waals surface area contributed by atoms with Gasteiger partial charge in [-0.2, -0.15) is 0 Å². The summed E-state index contributed by atoms with van der Waals surface area (Å²) in [5.74, 6) is 0.598. The Kier molecular flexibility index (Phi) is 6.45. The van der Waals surface area contributed by atoms with Crippen molar-refractivity contribution in [3.63, 3.8) is 0 Å². The van der Waals surface area contributed by atoms with E-state index in [9.17, 15) is 9.90 Å². The average molecular weight is 280 g/mol. The van der Waals surface area contributed by atoms with Gasteiger partial charge in [0, 0.05) is 19.8 Å². The lowest BCUT2D eigenvalue weighted by atomic mass is 10.2. The zero-order valence-electron chi connectivity index (χ0n) is 12.7. The highest BCUT2D eigenvalue weighted by atomic mass is 16.5. The number of carbonyl (C=O) groups is 1. The summed E-state index contributed by atoms with van der Waals surface area (Å²) >= 11 is 0. The standard InChI is InChI=1S/C15H24N2O3/c1-11(2)10-20-14-13(6-5-8-16-14)15(19)17(4)9-7-12(3)18/h5-6,8,11-12,18H,7,9-10H2,1-4H3. The van der Waals surface area contributed by atoms with Gasteiger partial charge < -0.3 is 14.7 Å². The van der Waals surface area contributed by atoms with E-state index in [1.54, 1.807) is 37.2 Å². The number of hydrogen-bond donors (Lipinski definition) is 1. The summed E-state index contributed by atoms with van der Waals surface area (Å²) < 4.78 is 5.59. The number of amides is 1. The molecule has 0 aromatic carbocycles. The van der Waals surface area contributed by atoms with E-state index in [2.05, 4.69) is 4.98 Å². The molecule has 0 aliphatic heterocycles. The quantitative estimate of drug-likeness (QED) is 0.829. The molecule has 1 amide bonds. The van der Waals surface area contributed by atoms with E-state index in [1.165, 1.54) is 0 Å². The fraction of sp³-hybridized carbons (Fsp3) is 0.600. The first-order valence-corrected chi connectivity index (χ1v) is 6.93. The maximum Gasteiger partial charge on any atom is 0.259 e. The molecule has 5 heteroatoms. The Bertz CT molecular complexity index is 433. The molecule has 0 saturated carbocycles. The highest BCUT2D eigenvalue weighted by molar-refractivity contribution is 5.96. The van der Waals surface area contributed by atoms with Gasteiger partial charge in [0.2, 0.25) is 5.88 Å². The van der Waals surface area contributed by atoms with Crippen LogP contribution in [0.2, 0.25) is 0 Å². The summed E-state index contributed by atoms with van der Waals surface area (Å²) in [6.45, 7) is 6.81. The van der Waals surface area contributed by atoms with Crippen molar-refractivity contribution in [2.75, 3.05) is 20.2 Å². The van der Waals surface area contributed by atoms with Crippen LogP contribution in [0.4, 0.5) is 0 Å². The van der Waals surface area contributed by atoms with Crippen LogP contribution in [0.3, 0.4) is 0 Å². The number of aliphatic hydroxyl groups is 1. The molecule has 1 aromatic heterocycles. The maximum absolute atomic E-state index is 12.3. The van der Waals surface area contributed by atoms with Crippen molar-refractivity contribution in [3.8, 4) is 5.88 Å². The van der Waals surface area contributed by atoms with Gasteiger partial charge in [-0.25, -0.2) is 4.98 Å². The molecule has 20 heavy (non-hydrogen) atoms. The minimum Gasteiger partial charge on any atom is -0.477 e. The lowest BCUT2D eigenvalue weighted by Gasteiger charge is -2.19. The van der Waals surface area contributed by atoms with Gasteiger partial charge in [0.05, 0.1) is 12.7 Å². The number of aliphatic hydroxyl groups excluding tert-OH is 1. The zero-order chi connectivity index (χ0) is 15.1. The molecule has 0 bridgehead atoms. The average Bonchev–Trinajstić information content (AvgIpc) is 2.41. The normalized spacial score (nSPS) is 12.3. The Morgan fingerprint density at radius 1 is 1.45 bits per heavy atom. The van der Waals surface area contributed by atoms with Crippen LogP contribution in [0.15, 0.2) is 18.3 Å². The van der Waals surface area contributed by atoms with Crippen molar-refractivity contribution >= 4 is 5.91 Å². The van der Waals surface area contributed by atoms with Crippen LogP contribution < -0.4 is 4.74 Å². The third-order valence-corrected chi connectivity index (χ3v) is 2.78. The van der Waals surface area contributed by atoms with Crippen LogP contribution >= 0.6 is 0 Å². The van der Waals surface area contributed by atoms with E-state index in [4.69, 9.17) is 4.74 Å². The van der Waals surface area contributed by atoms with E-state index in [-0.39, 0.29) is 5.91 Å². The van der Waals surface area contributed by atoms with Gasteiger partial charge >= 0.3 is 0 Å². The van der Waals surface area contributed by atoms with Crippen molar-refractivity contribution in [1.82, 2.24) is 9.88 Å². The smallest absolute Gasteiger partial charge is 0.259 e. The summed E-state index contributed by atoms with van der Waals surface area (Å²) in [5, 5.41) is 9.28. The fourth-order valence-electron chi connectivity index (χ4n) is 1.60. The Morgan fingerprint density at radius 2 is 2.15 bits per heavy atom. The molecule has 0 fully saturated rings. The summed E-state index contributed by atoms with van der Waals surface area (Å²) in [6.07, 6.45) is 1.74. The monoisotopic (exact) mass is 280 g/mol.